The number of aryl methyl sites for hydroxylation is 2. The molecule has 0 saturated heterocycles. The Labute approximate surface area is 140 Å². The van der Waals surface area contributed by atoms with Gasteiger partial charge in [0.15, 0.2) is 0 Å². The number of carbonyl (C=O) groups is 1. The van der Waals surface area contributed by atoms with E-state index in [1.807, 2.05) is 6.92 Å². The molecule has 1 aliphatic carbocycles. The molecule has 0 spiro atoms. The average molecular weight is 320 g/mol. The fourth-order valence-corrected chi connectivity index (χ4v) is 3.37. The van der Waals surface area contributed by atoms with Gasteiger partial charge in [-0.3, -0.25) is 4.79 Å². The molecule has 0 fully saturated rings. The van der Waals surface area contributed by atoms with E-state index in [0.29, 0.717) is 11.1 Å². The number of hydrogen-bond acceptors (Lipinski definition) is 3. The van der Waals surface area contributed by atoms with Gasteiger partial charge in [0.05, 0.1) is 6.04 Å². The molecule has 0 radical (unpaired) electrons. The van der Waals surface area contributed by atoms with Crippen LogP contribution in [-0.2, 0) is 12.8 Å². The summed E-state index contributed by atoms with van der Waals surface area (Å²) in [5.74, 6) is -0.0925. The maximum Gasteiger partial charge on any atom is 0.251 e. The molecule has 2 N–H and O–H groups in total. The minimum Gasteiger partial charge on any atom is -0.346 e. The molecule has 0 bridgehead atoms. The minimum atomic E-state index is -0.0925. The normalized spacial score (nSPS) is 15.0. The molecule has 5 nitrogen and oxygen atoms in total. The van der Waals surface area contributed by atoms with Crippen molar-refractivity contribution in [2.24, 2.45) is 0 Å². The maximum absolute atomic E-state index is 12.5. The van der Waals surface area contributed by atoms with E-state index >= 15 is 0 Å². The number of nitrogens with zero attached hydrogens (tertiary/aromatic N) is 2. The van der Waals surface area contributed by atoms with Crippen LogP contribution in [0.3, 0.4) is 0 Å². The summed E-state index contributed by atoms with van der Waals surface area (Å²) in [5, 5.41) is 13.7. The Morgan fingerprint density at radius 1 is 1.04 bits per heavy atom. The highest BCUT2D eigenvalue weighted by Gasteiger charge is 2.15. The van der Waals surface area contributed by atoms with Gasteiger partial charge in [-0.05, 0) is 67.5 Å². The van der Waals surface area contributed by atoms with Crippen LogP contribution in [0.15, 0.2) is 36.4 Å². The maximum atomic E-state index is 12.5. The summed E-state index contributed by atoms with van der Waals surface area (Å²) in [7, 11) is 0. The van der Waals surface area contributed by atoms with Gasteiger partial charge in [0.2, 0.25) is 0 Å². The molecule has 5 heteroatoms. The van der Waals surface area contributed by atoms with Gasteiger partial charge in [-0.25, -0.2) is 0 Å². The van der Waals surface area contributed by atoms with Crippen molar-refractivity contribution in [2.75, 3.05) is 0 Å². The minimum absolute atomic E-state index is 0.0299. The number of aromatic nitrogens is 3. The predicted molar refractivity (Wildman–Crippen MR) is 92.9 cm³/mol. The molecule has 0 aliphatic heterocycles. The predicted octanol–water partition coefficient (Wildman–Crippen LogP) is 3.33. The first-order valence-corrected chi connectivity index (χ1v) is 8.44. The van der Waals surface area contributed by atoms with E-state index in [1.165, 1.54) is 30.4 Å². The molecule has 1 amide bonds. The Balaban J connectivity index is 1.52. The van der Waals surface area contributed by atoms with E-state index in [1.54, 1.807) is 18.2 Å². The van der Waals surface area contributed by atoms with Crippen LogP contribution in [0.2, 0.25) is 0 Å². The van der Waals surface area contributed by atoms with Gasteiger partial charge >= 0.3 is 0 Å². The first-order chi connectivity index (χ1) is 11.7. The first kappa shape index (κ1) is 14.9. The van der Waals surface area contributed by atoms with Crippen LogP contribution in [0, 0.1) is 0 Å². The van der Waals surface area contributed by atoms with Gasteiger partial charge in [-0.1, -0.05) is 18.2 Å². The van der Waals surface area contributed by atoms with Crippen LogP contribution in [0.5, 0.6) is 0 Å². The monoisotopic (exact) mass is 320 g/mol. The molecule has 1 aromatic heterocycles. The first-order valence-electron chi connectivity index (χ1n) is 8.44. The molecule has 1 atom stereocenters. The highest BCUT2D eigenvalue weighted by molar-refractivity contribution is 5.97. The Morgan fingerprint density at radius 2 is 1.83 bits per heavy atom. The summed E-state index contributed by atoms with van der Waals surface area (Å²) in [6.07, 6.45) is 4.86. The van der Waals surface area contributed by atoms with Crippen LogP contribution >= 0.6 is 0 Å². The third kappa shape index (κ3) is 2.77. The fraction of sp³-hybridized carbons (Fsp3) is 0.316. The quantitative estimate of drug-likeness (QED) is 0.777. The number of fused-ring (bicyclic) bond motifs is 2. The molecule has 1 aliphatic rings. The van der Waals surface area contributed by atoms with E-state index in [-0.39, 0.29) is 11.9 Å². The number of nitrogens with one attached hydrogen (secondary N) is 2. The van der Waals surface area contributed by atoms with Gasteiger partial charge in [-0.2, -0.15) is 15.4 Å². The Hall–Kier alpha value is -2.69. The van der Waals surface area contributed by atoms with Crippen LogP contribution in [-0.4, -0.2) is 21.3 Å². The number of H-pyrrole nitrogens is 1. The summed E-state index contributed by atoms with van der Waals surface area (Å²) < 4.78 is 0. The number of hydrogen-bond donors (Lipinski definition) is 2. The van der Waals surface area contributed by atoms with Crippen LogP contribution in [0.25, 0.3) is 11.0 Å². The molecule has 1 unspecified atom stereocenters. The van der Waals surface area contributed by atoms with Crippen LogP contribution in [0.4, 0.5) is 0 Å². The number of carbonyl (C=O) groups excluding carboxylic acids is 1. The summed E-state index contributed by atoms with van der Waals surface area (Å²) in [4.78, 5) is 12.5. The topological polar surface area (TPSA) is 70.7 Å². The smallest absolute Gasteiger partial charge is 0.251 e. The molecule has 0 saturated carbocycles. The lowest BCUT2D eigenvalue weighted by atomic mass is 9.89. The lowest BCUT2D eigenvalue weighted by molar-refractivity contribution is 0.0940. The Morgan fingerprint density at radius 3 is 2.71 bits per heavy atom. The molecule has 1 heterocycles. The Bertz CT molecular complexity index is 899. The van der Waals surface area contributed by atoms with Crippen LogP contribution in [0.1, 0.15) is 52.9 Å². The van der Waals surface area contributed by atoms with E-state index in [9.17, 15) is 4.79 Å². The summed E-state index contributed by atoms with van der Waals surface area (Å²) in [5.41, 5.74) is 6.11. The SMILES string of the molecule is CC(NC(=O)c1ccc2n[nH]nc2c1)c1ccc2c(c1)CCCC2. The number of amides is 1. The number of aromatic amines is 1. The second-order valence-electron chi connectivity index (χ2n) is 6.46. The molecule has 24 heavy (non-hydrogen) atoms. The fourth-order valence-electron chi connectivity index (χ4n) is 3.37. The van der Waals surface area contributed by atoms with Gasteiger partial charge in [0, 0.05) is 5.56 Å². The molecular formula is C19H20N4O. The van der Waals surface area contributed by atoms with Crippen molar-refractivity contribution >= 4 is 16.9 Å². The zero-order valence-electron chi connectivity index (χ0n) is 13.7. The number of rotatable bonds is 3. The van der Waals surface area contributed by atoms with Gasteiger partial charge in [-0.15, -0.1) is 0 Å². The van der Waals surface area contributed by atoms with E-state index in [2.05, 4.69) is 38.9 Å². The van der Waals surface area contributed by atoms with Crippen LogP contribution < -0.4 is 5.32 Å². The highest BCUT2D eigenvalue weighted by Crippen LogP contribution is 2.25. The number of benzene rings is 2. The lowest BCUT2D eigenvalue weighted by Gasteiger charge is -2.20. The molecular weight excluding hydrogens is 300 g/mol. The lowest BCUT2D eigenvalue weighted by Crippen LogP contribution is -2.26. The second-order valence-corrected chi connectivity index (χ2v) is 6.46. The highest BCUT2D eigenvalue weighted by atomic mass is 16.1. The van der Waals surface area contributed by atoms with Gasteiger partial charge in [0.25, 0.3) is 5.91 Å². The van der Waals surface area contributed by atoms with E-state index < -0.39 is 0 Å². The van der Waals surface area contributed by atoms with Gasteiger partial charge in [0.1, 0.15) is 11.0 Å². The summed E-state index contributed by atoms with van der Waals surface area (Å²) in [6, 6.07) is 11.9. The third-order valence-electron chi connectivity index (χ3n) is 4.80. The summed E-state index contributed by atoms with van der Waals surface area (Å²) >= 11 is 0. The van der Waals surface area contributed by atoms with Crippen molar-refractivity contribution in [1.82, 2.24) is 20.7 Å². The van der Waals surface area contributed by atoms with E-state index in [4.69, 9.17) is 0 Å². The van der Waals surface area contributed by atoms with E-state index in [0.717, 1.165) is 17.5 Å². The Kier molecular flexibility index (Phi) is 3.76. The largest absolute Gasteiger partial charge is 0.346 e. The van der Waals surface area contributed by atoms with Crippen molar-refractivity contribution in [1.29, 1.82) is 0 Å². The summed E-state index contributed by atoms with van der Waals surface area (Å²) in [6.45, 7) is 2.02. The molecule has 2 aromatic carbocycles. The van der Waals surface area contributed by atoms with Crippen molar-refractivity contribution in [2.45, 2.75) is 38.6 Å². The van der Waals surface area contributed by atoms with Crippen molar-refractivity contribution < 1.29 is 4.79 Å². The standard InChI is InChI=1S/C19H20N4O/c1-12(14-7-6-13-4-2-3-5-15(13)10-14)20-19(24)16-8-9-17-18(11-16)22-23-21-17/h6-12H,2-5H2,1H3,(H,20,24)(H,21,22,23). The zero-order valence-corrected chi connectivity index (χ0v) is 13.7. The third-order valence-corrected chi connectivity index (χ3v) is 4.80. The average Bonchev–Trinajstić information content (AvgIpc) is 3.08. The van der Waals surface area contributed by atoms with Crippen molar-refractivity contribution in [3.63, 3.8) is 0 Å². The molecule has 122 valence electrons. The second kappa shape index (κ2) is 6.07. The zero-order chi connectivity index (χ0) is 16.5. The van der Waals surface area contributed by atoms with Crippen molar-refractivity contribution in [3.8, 4) is 0 Å². The van der Waals surface area contributed by atoms with Gasteiger partial charge < -0.3 is 5.32 Å². The van der Waals surface area contributed by atoms with Crippen molar-refractivity contribution in [3.05, 3.63) is 58.7 Å². The molecule has 3 aromatic rings. The molecule has 4 rings (SSSR count).